The minimum absolute atomic E-state index is 0.108. The third kappa shape index (κ3) is 4.29. The van der Waals surface area contributed by atoms with Gasteiger partial charge >= 0.3 is 0 Å². The number of nitro groups is 1. The third-order valence-corrected chi connectivity index (χ3v) is 5.37. The lowest BCUT2D eigenvalue weighted by atomic mass is 9.93. The Balaban J connectivity index is 1.90. The van der Waals surface area contributed by atoms with E-state index in [-0.39, 0.29) is 11.3 Å². The lowest BCUT2D eigenvalue weighted by molar-refractivity contribution is -0.384. The number of methoxy groups -OCH3 is 2. The smallest absolute Gasteiger partial charge is 0.270 e. The SMILES string of the molecule is COc1ccc(/C=C/C(=O)c2c(-c3ccccc3)c3cc([N+](=O)[O-])ccc3[nH]c2=O)c(OC)c1. The molecule has 0 aliphatic carbocycles. The second-order valence-corrected chi connectivity index (χ2v) is 7.36. The predicted octanol–water partition coefficient (Wildman–Crippen LogP) is 5.02. The van der Waals surface area contributed by atoms with Crippen molar-refractivity contribution in [1.29, 1.82) is 0 Å². The van der Waals surface area contributed by atoms with Gasteiger partial charge in [-0.05, 0) is 35.9 Å². The monoisotopic (exact) mass is 456 g/mol. The molecule has 34 heavy (non-hydrogen) atoms. The number of ether oxygens (including phenoxy) is 2. The van der Waals surface area contributed by atoms with Crippen LogP contribution in [0.3, 0.4) is 0 Å². The van der Waals surface area contributed by atoms with E-state index in [1.54, 1.807) is 54.6 Å². The van der Waals surface area contributed by atoms with Crippen molar-refractivity contribution in [1.82, 2.24) is 4.98 Å². The van der Waals surface area contributed by atoms with Gasteiger partial charge in [-0.1, -0.05) is 30.3 Å². The number of nitro benzene ring substituents is 1. The van der Waals surface area contributed by atoms with Gasteiger partial charge in [0, 0.05) is 40.2 Å². The van der Waals surface area contributed by atoms with E-state index in [2.05, 4.69) is 4.98 Å². The number of benzene rings is 3. The molecule has 0 aliphatic heterocycles. The first-order chi connectivity index (χ1) is 16.4. The van der Waals surface area contributed by atoms with Gasteiger partial charge in [0.15, 0.2) is 5.78 Å². The van der Waals surface area contributed by atoms with Gasteiger partial charge in [0.1, 0.15) is 11.5 Å². The molecule has 0 radical (unpaired) electrons. The van der Waals surface area contributed by atoms with Crippen LogP contribution in [0.2, 0.25) is 0 Å². The van der Waals surface area contributed by atoms with Gasteiger partial charge < -0.3 is 14.5 Å². The molecule has 0 unspecified atom stereocenters. The summed E-state index contributed by atoms with van der Waals surface area (Å²) in [5.41, 5.74) is 1.10. The number of aromatic nitrogens is 1. The molecule has 0 atom stereocenters. The van der Waals surface area contributed by atoms with E-state index in [0.29, 0.717) is 39.1 Å². The molecule has 4 aromatic rings. The highest BCUT2D eigenvalue weighted by Crippen LogP contribution is 2.32. The number of pyridine rings is 1. The number of carbonyl (C=O) groups is 1. The van der Waals surface area contributed by atoms with Crippen LogP contribution in [0.4, 0.5) is 5.69 Å². The fourth-order valence-electron chi connectivity index (χ4n) is 3.74. The molecule has 170 valence electrons. The molecule has 0 bridgehead atoms. The van der Waals surface area contributed by atoms with Crippen molar-refractivity contribution in [3.8, 4) is 22.6 Å². The number of non-ortho nitro benzene ring substituents is 1. The van der Waals surface area contributed by atoms with Crippen LogP contribution < -0.4 is 15.0 Å². The van der Waals surface area contributed by atoms with E-state index in [1.807, 2.05) is 0 Å². The van der Waals surface area contributed by atoms with Crippen molar-refractivity contribution in [2.75, 3.05) is 14.2 Å². The van der Waals surface area contributed by atoms with Gasteiger partial charge in [0.2, 0.25) is 0 Å². The third-order valence-electron chi connectivity index (χ3n) is 5.37. The van der Waals surface area contributed by atoms with E-state index in [4.69, 9.17) is 9.47 Å². The van der Waals surface area contributed by atoms with Crippen LogP contribution in [0.25, 0.3) is 28.1 Å². The van der Waals surface area contributed by atoms with Gasteiger partial charge in [-0.2, -0.15) is 0 Å². The Bertz CT molecular complexity index is 1490. The average Bonchev–Trinajstić information content (AvgIpc) is 2.86. The highest BCUT2D eigenvalue weighted by atomic mass is 16.6. The first kappa shape index (κ1) is 22.5. The van der Waals surface area contributed by atoms with E-state index in [1.165, 1.54) is 38.5 Å². The maximum atomic E-state index is 13.3. The van der Waals surface area contributed by atoms with Crippen molar-refractivity contribution >= 4 is 28.4 Å². The fourth-order valence-corrected chi connectivity index (χ4v) is 3.74. The Kier molecular flexibility index (Phi) is 6.22. The highest BCUT2D eigenvalue weighted by molar-refractivity contribution is 6.15. The standard InChI is InChI=1S/C26H20N2O6/c1-33-19-11-8-16(23(15-19)34-2)9-13-22(29)25-24(17-6-4-3-5-7-17)20-14-18(28(31)32)10-12-21(20)27-26(25)30/h3-15H,1-2H3,(H,27,30)/b13-9+. The Morgan fingerprint density at radius 2 is 1.76 bits per heavy atom. The fraction of sp³-hybridized carbons (Fsp3) is 0.0769. The zero-order valence-corrected chi connectivity index (χ0v) is 18.4. The number of nitrogens with zero attached hydrogens (tertiary/aromatic N) is 1. The van der Waals surface area contributed by atoms with Crippen LogP contribution in [0.15, 0.2) is 77.6 Å². The van der Waals surface area contributed by atoms with E-state index in [9.17, 15) is 19.7 Å². The summed E-state index contributed by atoms with van der Waals surface area (Å²) in [6, 6.07) is 18.1. The quantitative estimate of drug-likeness (QED) is 0.181. The summed E-state index contributed by atoms with van der Waals surface area (Å²) < 4.78 is 10.6. The van der Waals surface area contributed by atoms with Gasteiger partial charge in [0.25, 0.3) is 11.2 Å². The summed E-state index contributed by atoms with van der Waals surface area (Å²) in [6.45, 7) is 0. The van der Waals surface area contributed by atoms with Crippen molar-refractivity contribution in [2.45, 2.75) is 0 Å². The molecule has 8 nitrogen and oxygen atoms in total. The first-order valence-electron chi connectivity index (χ1n) is 10.3. The van der Waals surface area contributed by atoms with Crippen molar-refractivity contribution in [3.05, 3.63) is 104 Å². The number of hydrogen-bond acceptors (Lipinski definition) is 6. The summed E-state index contributed by atoms with van der Waals surface area (Å²) in [5.74, 6) is 0.542. The van der Waals surface area contributed by atoms with Crippen LogP contribution in [0, 0.1) is 10.1 Å². The van der Waals surface area contributed by atoms with Crippen molar-refractivity contribution in [3.63, 3.8) is 0 Å². The van der Waals surface area contributed by atoms with Gasteiger partial charge in [-0.15, -0.1) is 0 Å². The Morgan fingerprint density at radius 3 is 2.44 bits per heavy atom. The molecule has 4 rings (SSSR count). The van der Waals surface area contributed by atoms with Crippen LogP contribution in [0.5, 0.6) is 11.5 Å². The maximum absolute atomic E-state index is 13.3. The number of rotatable bonds is 7. The van der Waals surface area contributed by atoms with E-state index in [0.717, 1.165) is 0 Å². The second kappa shape index (κ2) is 9.41. The van der Waals surface area contributed by atoms with Gasteiger partial charge in [0.05, 0.1) is 24.7 Å². The van der Waals surface area contributed by atoms with Gasteiger partial charge in [-0.3, -0.25) is 19.7 Å². The van der Waals surface area contributed by atoms with E-state index >= 15 is 0 Å². The number of hydrogen-bond donors (Lipinski definition) is 1. The molecule has 1 heterocycles. The number of carbonyl (C=O) groups excluding carboxylic acids is 1. The number of H-pyrrole nitrogens is 1. The van der Waals surface area contributed by atoms with E-state index < -0.39 is 16.3 Å². The maximum Gasteiger partial charge on any atom is 0.270 e. The summed E-state index contributed by atoms with van der Waals surface area (Å²) in [5, 5.41) is 11.8. The zero-order chi connectivity index (χ0) is 24.2. The predicted molar refractivity (Wildman–Crippen MR) is 130 cm³/mol. The molecule has 3 aromatic carbocycles. The van der Waals surface area contributed by atoms with Gasteiger partial charge in [-0.25, -0.2) is 0 Å². The summed E-state index contributed by atoms with van der Waals surface area (Å²) in [6.07, 6.45) is 2.83. The molecular formula is C26H20N2O6. The van der Waals surface area contributed by atoms with Crippen molar-refractivity contribution in [2.24, 2.45) is 0 Å². The number of fused-ring (bicyclic) bond motifs is 1. The lowest BCUT2D eigenvalue weighted by Gasteiger charge is -2.11. The minimum atomic E-state index is -0.587. The van der Waals surface area contributed by atoms with Crippen molar-refractivity contribution < 1.29 is 19.2 Å². The molecular weight excluding hydrogens is 436 g/mol. The minimum Gasteiger partial charge on any atom is -0.497 e. The Morgan fingerprint density at radius 1 is 1.00 bits per heavy atom. The lowest BCUT2D eigenvalue weighted by Crippen LogP contribution is -2.18. The summed E-state index contributed by atoms with van der Waals surface area (Å²) in [4.78, 5) is 39.9. The van der Waals surface area contributed by atoms with Crippen LogP contribution in [0.1, 0.15) is 15.9 Å². The Labute approximate surface area is 194 Å². The van der Waals surface area contributed by atoms with Crippen LogP contribution in [-0.2, 0) is 0 Å². The summed E-state index contributed by atoms with van der Waals surface area (Å²) in [7, 11) is 3.04. The first-order valence-corrected chi connectivity index (χ1v) is 10.3. The molecule has 0 aliphatic rings. The number of allylic oxidation sites excluding steroid dienone is 1. The number of ketones is 1. The second-order valence-electron chi connectivity index (χ2n) is 7.36. The molecule has 0 fully saturated rings. The number of aromatic amines is 1. The zero-order valence-electron chi connectivity index (χ0n) is 18.4. The van der Waals surface area contributed by atoms with Crippen LogP contribution >= 0.6 is 0 Å². The number of nitrogens with one attached hydrogen (secondary N) is 1. The summed E-state index contributed by atoms with van der Waals surface area (Å²) >= 11 is 0. The molecule has 8 heteroatoms. The molecule has 1 aromatic heterocycles. The largest absolute Gasteiger partial charge is 0.497 e. The molecule has 0 saturated carbocycles. The molecule has 0 saturated heterocycles. The Hall–Kier alpha value is -4.72. The molecule has 0 amide bonds. The molecule has 0 spiro atoms. The normalized spacial score (nSPS) is 11.0. The molecule has 1 N–H and O–H groups in total. The topological polar surface area (TPSA) is 112 Å². The highest BCUT2D eigenvalue weighted by Gasteiger charge is 2.21. The average molecular weight is 456 g/mol. The van der Waals surface area contributed by atoms with Crippen LogP contribution in [-0.4, -0.2) is 29.9 Å².